The lowest BCUT2D eigenvalue weighted by molar-refractivity contribution is -0.384. The molecule has 1 aromatic rings. The maximum absolute atomic E-state index is 13.0. The van der Waals surface area contributed by atoms with E-state index in [-0.39, 0.29) is 58.7 Å². The van der Waals surface area contributed by atoms with Gasteiger partial charge >= 0.3 is 5.97 Å². The summed E-state index contributed by atoms with van der Waals surface area (Å²) in [6, 6.07) is 4.95. The molecule has 3 fully saturated rings. The van der Waals surface area contributed by atoms with Crippen LogP contribution in [0.1, 0.15) is 42.5 Å². The van der Waals surface area contributed by atoms with Crippen molar-refractivity contribution in [2.24, 2.45) is 29.6 Å². The normalized spacial score (nSPS) is 32.2. The standard InChI is InChI=1S/C24H24N2O7/c27-19(13-3-9-18(10-4-13)26(31)32)12-33-24(30)14-5-7-17(8-6-14)25-22(28)20-15-1-2-16(11-15)21(20)23(25)29/h1-4,9-10,14-17,20-21H,5-8,11-12H2/t14?,15-,16+,17?,20-,21-/m0/s1. The lowest BCUT2D eigenvalue weighted by Crippen LogP contribution is -2.44. The molecule has 1 aromatic carbocycles. The monoisotopic (exact) mass is 452 g/mol. The van der Waals surface area contributed by atoms with E-state index < -0.39 is 23.3 Å². The van der Waals surface area contributed by atoms with Crippen LogP contribution in [0.5, 0.6) is 0 Å². The van der Waals surface area contributed by atoms with Crippen LogP contribution < -0.4 is 0 Å². The molecule has 2 amide bonds. The molecule has 1 aliphatic heterocycles. The van der Waals surface area contributed by atoms with Gasteiger partial charge < -0.3 is 4.74 Å². The summed E-state index contributed by atoms with van der Waals surface area (Å²) in [5.74, 6) is -1.44. The molecule has 172 valence electrons. The highest BCUT2D eigenvalue weighted by Gasteiger charge is 2.60. The van der Waals surface area contributed by atoms with E-state index in [0.717, 1.165) is 6.42 Å². The molecule has 0 aromatic heterocycles. The Morgan fingerprint density at radius 3 is 2.09 bits per heavy atom. The number of Topliss-reactive ketones (excluding diaryl/α,β-unsaturated/α-hetero) is 1. The van der Waals surface area contributed by atoms with E-state index in [1.54, 1.807) is 0 Å². The van der Waals surface area contributed by atoms with Crippen LogP contribution in [0.2, 0.25) is 0 Å². The van der Waals surface area contributed by atoms with Crippen molar-refractivity contribution in [1.29, 1.82) is 0 Å². The first kappa shape index (κ1) is 21.5. The zero-order valence-corrected chi connectivity index (χ0v) is 17.9. The molecule has 1 saturated heterocycles. The minimum atomic E-state index is -0.554. The summed E-state index contributed by atoms with van der Waals surface area (Å²) in [6.45, 7) is -0.432. The van der Waals surface area contributed by atoms with Crippen LogP contribution in [0.15, 0.2) is 36.4 Å². The number of non-ortho nitro benzene ring substituents is 1. The fourth-order valence-electron chi connectivity index (χ4n) is 5.96. The Hall–Kier alpha value is -3.36. The van der Waals surface area contributed by atoms with E-state index in [2.05, 4.69) is 12.2 Å². The van der Waals surface area contributed by atoms with E-state index >= 15 is 0 Å². The molecular weight excluding hydrogens is 428 g/mol. The van der Waals surface area contributed by atoms with Crippen LogP contribution in [-0.4, -0.2) is 46.0 Å². The summed E-state index contributed by atoms with van der Waals surface area (Å²) in [5, 5.41) is 10.7. The SMILES string of the molecule is O=C(COC(=O)C1CCC(N2C(=O)[C@@H]3[C@@H](C2=O)[C@H]2C=C[C@@H]3C2)CC1)c1ccc([N+](=O)[O-])cc1. The number of likely N-dealkylation sites (tertiary alicyclic amines) is 1. The topological polar surface area (TPSA) is 124 Å². The number of nitrogens with zero attached hydrogens (tertiary/aromatic N) is 2. The van der Waals surface area contributed by atoms with Gasteiger partial charge in [-0.25, -0.2) is 0 Å². The number of hydrogen-bond acceptors (Lipinski definition) is 7. The molecule has 0 radical (unpaired) electrons. The van der Waals surface area contributed by atoms with Gasteiger partial charge in [-0.2, -0.15) is 0 Å². The Morgan fingerprint density at radius 1 is 0.970 bits per heavy atom. The van der Waals surface area contributed by atoms with Crippen molar-refractivity contribution < 1.29 is 28.8 Å². The maximum Gasteiger partial charge on any atom is 0.309 e. The minimum absolute atomic E-state index is 0.0541. The van der Waals surface area contributed by atoms with E-state index in [1.807, 2.05) is 0 Å². The lowest BCUT2D eigenvalue weighted by Gasteiger charge is -2.33. The number of carbonyl (C=O) groups excluding carboxylic acids is 4. The number of amides is 2. The van der Waals surface area contributed by atoms with E-state index in [9.17, 15) is 29.3 Å². The number of rotatable bonds is 6. The van der Waals surface area contributed by atoms with Crippen molar-refractivity contribution >= 4 is 29.3 Å². The highest BCUT2D eigenvalue weighted by molar-refractivity contribution is 6.06. The van der Waals surface area contributed by atoms with Gasteiger partial charge in [0.1, 0.15) is 0 Å². The number of ketones is 1. The number of nitro groups is 1. The first-order chi connectivity index (χ1) is 15.8. The Morgan fingerprint density at radius 2 is 1.55 bits per heavy atom. The van der Waals surface area contributed by atoms with Crippen molar-refractivity contribution in [3.63, 3.8) is 0 Å². The highest BCUT2D eigenvalue weighted by Crippen LogP contribution is 2.53. The molecule has 3 aliphatic carbocycles. The molecule has 0 N–H and O–H groups in total. The molecule has 4 atom stereocenters. The summed E-state index contributed by atoms with van der Waals surface area (Å²) in [6.07, 6.45) is 7.14. The number of allylic oxidation sites excluding steroid dienone is 2. The van der Waals surface area contributed by atoms with E-state index in [4.69, 9.17) is 4.74 Å². The van der Waals surface area contributed by atoms with Gasteiger partial charge in [0, 0.05) is 23.7 Å². The molecule has 0 spiro atoms. The van der Waals surface area contributed by atoms with Crippen molar-refractivity contribution in [2.45, 2.75) is 38.1 Å². The van der Waals surface area contributed by atoms with Crippen LogP contribution in [0, 0.1) is 39.7 Å². The predicted octanol–water partition coefficient (Wildman–Crippen LogP) is 2.69. The van der Waals surface area contributed by atoms with Gasteiger partial charge in [0.25, 0.3) is 5.69 Å². The summed E-state index contributed by atoms with van der Waals surface area (Å²) in [7, 11) is 0. The largest absolute Gasteiger partial charge is 0.457 e. The van der Waals surface area contributed by atoms with E-state index in [1.165, 1.54) is 29.2 Å². The maximum atomic E-state index is 13.0. The number of fused-ring (bicyclic) bond motifs is 5. The molecule has 9 nitrogen and oxygen atoms in total. The van der Waals surface area contributed by atoms with Gasteiger partial charge in [-0.1, -0.05) is 12.2 Å². The average Bonchev–Trinajstić information content (AvgIpc) is 3.51. The van der Waals surface area contributed by atoms with Crippen molar-refractivity contribution in [3.8, 4) is 0 Å². The van der Waals surface area contributed by atoms with Crippen LogP contribution in [0.25, 0.3) is 0 Å². The number of ether oxygens (including phenoxy) is 1. The lowest BCUT2D eigenvalue weighted by atomic mass is 9.85. The van der Waals surface area contributed by atoms with Crippen LogP contribution in [0.3, 0.4) is 0 Å². The van der Waals surface area contributed by atoms with Crippen molar-refractivity contribution in [1.82, 2.24) is 4.90 Å². The second-order valence-electron chi connectivity index (χ2n) is 9.39. The highest BCUT2D eigenvalue weighted by atomic mass is 16.6. The van der Waals surface area contributed by atoms with Gasteiger partial charge in [0.2, 0.25) is 11.8 Å². The number of nitro benzene ring substituents is 1. The van der Waals surface area contributed by atoms with Crippen LogP contribution >= 0.6 is 0 Å². The Labute approximate surface area is 189 Å². The Kier molecular flexibility index (Phi) is 5.34. The first-order valence-corrected chi connectivity index (χ1v) is 11.3. The third-order valence-corrected chi connectivity index (χ3v) is 7.65. The summed E-state index contributed by atoms with van der Waals surface area (Å²) in [4.78, 5) is 62.3. The zero-order valence-electron chi connectivity index (χ0n) is 17.9. The number of imide groups is 1. The van der Waals surface area contributed by atoms with Gasteiger partial charge in [-0.05, 0) is 56.1 Å². The van der Waals surface area contributed by atoms with E-state index in [0.29, 0.717) is 25.7 Å². The number of carbonyl (C=O) groups is 4. The van der Waals surface area contributed by atoms with Crippen molar-refractivity contribution in [2.75, 3.05) is 6.61 Å². The van der Waals surface area contributed by atoms with Crippen LogP contribution in [0.4, 0.5) is 5.69 Å². The van der Waals surface area contributed by atoms with Gasteiger partial charge in [-0.3, -0.25) is 34.2 Å². The van der Waals surface area contributed by atoms with Crippen LogP contribution in [-0.2, 0) is 19.1 Å². The molecule has 1 heterocycles. The quantitative estimate of drug-likeness (QED) is 0.162. The molecule has 0 unspecified atom stereocenters. The molecule has 5 rings (SSSR count). The molecule has 2 saturated carbocycles. The molecule has 9 heteroatoms. The number of hydrogen-bond donors (Lipinski definition) is 0. The third kappa shape index (κ3) is 3.65. The first-order valence-electron chi connectivity index (χ1n) is 11.3. The molecular formula is C24H24N2O7. The second-order valence-corrected chi connectivity index (χ2v) is 9.39. The molecule has 4 aliphatic rings. The summed E-state index contributed by atoms with van der Waals surface area (Å²) < 4.78 is 5.20. The van der Waals surface area contributed by atoms with Gasteiger partial charge in [0.15, 0.2) is 12.4 Å². The molecule has 2 bridgehead atoms. The number of benzene rings is 1. The minimum Gasteiger partial charge on any atom is -0.457 e. The average molecular weight is 452 g/mol. The fraction of sp³-hybridized carbons (Fsp3) is 0.500. The third-order valence-electron chi connectivity index (χ3n) is 7.65. The molecule has 33 heavy (non-hydrogen) atoms. The zero-order chi connectivity index (χ0) is 23.3. The van der Waals surface area contributed by atoms with Gasteiger partial charge in [-0.15, -0.1) is 0 Å². The Balaban J connectivity index is 1.12. The predicted molar refractivity (Wildman–Crippen MR) is 114 cm³/mol. The number of esters is 1. The summed E-state index contributed by atoms with van der Waals surface area (Å²) >= 11 is 0. The second kappa shape index (κ2) is 8.20. The summed E-state index contributed by atoms with van der Waals surface area (Å²) in [5.41, 5.74) is 0.111. The van der Waals surface area contributed by atoms with Crippen molar-refractivity contribution in [3.05, 3.63) is 52.1 Å². The fourth-order valence-corrected chi connectivity index (χ4v) is 5.96. The smallest absolute Gasteiger partial charge is 0.309 e. The van der Waals surface area contributed by atoms with Gasteiger partial charge in [0.05, 0.1) is 22.7 Å². The Bertz CT molecular complexity index is 1030.